The van der Waals surface area contributed by atoms with Gasteiger partial charge in [0.25, 0.3) is 5.89 Å². The van der Waals surface area contributed by atoms with Crippen LogP contribution in [0.4, 0.5) is 0 Å². The van der Waals surface area contributed by atoms with Crippen molar-refractivity contribution in [1.29, 1.82) is 0 Å². The second kappa shape index (κ2) is 9.19. The number of carbonyl (C=O) groups is 1. The zero-order valence-corrected chi connectivity index (χ0v) is 17.8. The molecule has 30 heavy (non-hydrogen) atoms. The molecule has 2 aromatic carbocycles. The molecule has 0 aliphatic rings. The maximum absolute atomic E-state index is 12.8. The third-order valence-electron chi connectivity index (χ3n) is 4.56. The van der Waals surface area contributed by atoms with E-state index in [0.717, 1.165) is 5.56 Å². The van der Waals surface area contributed by atoms with Gasteiger partial charge < -0.3 is 9.15 Å². The number of aromatic nitrogens is 2. The van der Waals surface area contributed by atoms with Crippen LogP contribution < -0.4 is 0 Å². The second-order valence-electron chi connectivity index (χ2n) is 6.51. The normalized spacial score (nSPS) is 11.6. The van der Waals surface area contributed by atoms with Gasteiger partial charge in [-0.1, -0.05) is 38.1 Å². The highest BCUT2D eigenvalue weighted by Crippen LogP contribution is 2.22. The number of sulfonamides is 1. The Morgan fingerprint density at radius 2 is 1.77 bits per heavy atom. The molecule has 8 nitrogen and oxygen atoms in total. The Kier molecular flexibility index (Phi) is 6.63. The third-order valence-corrected chi connectivity index (χ3v) is 6.75. The minimum atomic E-state index is -3.70. The van der Waals surface area contributed by atoms with Gasteiger partial charge in [0.15, 0.2) is 6.61 Å². The summed E-state index contributed by atoms with van der Waals surface area (Å²) in [4.78, 5) is 12.6. The van der Waals surface area contributed by atoms with Crippen molar-refractivity contribution in [2.24, 2.45) is 0 Å². The average Bonchev–Trinajstić information content (AvgIpc) is 3.22. The van der Waals surface area contributed by atoms with Crippen LogP contribution in [0.1, 0.15) is 35.7 Å². The molecule has 0 spiro atoms. The van der Waals surface area contributed by atoms with Crippen molar-refractivity contribution >= 4 is 16.0 Å². The summed E-state index contributed by atoms with van der Waals surface area (Å²) >= 11 is 0. The van der Waals surface area contributed by atoms with Gasteiger partial charge in [-0.3, -0.25) is 0 Å². The standard InChI is InChI=1S/C21H23N3O5S/c1-4-24(5-2)30(26,27)18-13-17(12-11-15(18)3)21(25)28-14-19-22-23-20(29-19)16-9-7-6-8-10-16/h6-13H,4-5,14H2,1-3H3. The average molecular weight is 429 g/mol. The molecule has 0 unspecified atom stereocenters. The molecule has 0 aliphatic carbocycles. The van der Waals surface area contributed by atoms with Crippen LogP contribution in [0.15, 0.2) is 57.8 Å². The number of rotatable bonds is 8. The molecule has 0 bridgehead atoms. The first kappa shape index (κ1) is 21.7. The number of esters is 1. The van der Waals surface area contributed by atoms with Crippen LogP contribution >= 0.6 is 0 Å². The third kappa shape index (κ3) is 4.58. The number of aryl methyl sites for hydroxylation is 1. The highest BCUT2D eigenvalue weighted by atomic mass is 32.2. The largest absolute Gasteiger partial charge is 0.452 e. The zero-order valence-electron chi connectivity index (χ0n) is 17.0. The molecule has 0 atom stereocenters. The van der Waals surface area contributed by atoms with E-state index in [9.17, 15) is 13.2 Å². The molecular formula is C21H23N3O5S. The van der Waals surface area contributed by atoms with E-state index in [4.69, 9.17) is 9.15 Å². The van der Waals surface area contributed by atoms with Crippen molar-refractivity contribution in [3.8, 4) is 11.5 Å². The maximum Gasteiger partial charge on any atom is 0.338 e. The molecule has 0 N–H and O–H groups in total. The van der Waals surface area contributed by atoms with Crippen molar-refractivity contribution in [2.45, 2.75) is 32.3 Å². The molecule has 3 rings (SSSR count). The molecule has 0 aliphatic heterocycles. The molecule has 0 radical (unpaired) electrons. The smallest absolute Gasteiger partial charge is 0.338 e. The van der Waals surface area contributed by atoms with Gasteiger partial charge in [0.1, 0.15) is 0 Å². The van der Waals surface area contributed by atoms with E-state index in [1.165, 1.54) is 16.4 Å². The lowest BCUT2D eigenvalue weighted by Gasteiger charge is -2.20. The minimum Gasteiger partial charge on any atom is -0.452 e. The van der Waals surface area contributed by atoms with E-state index in [2.05, 4.69) is 10.2 Å². The van der Waals surface area contributed by atoms with Gasteiger partial charge in [0, 0.05) is 18.7 Å². The van der Waals surface area contributed by atoms with E-state index >= 15 is 0 Å². The second-order valence-corrected chi connectivity index (χ2v) is 8.42. The summed E-state index contributed by atoms with van der Waals surface area (Å²) in [5, 5.41) is 7.82. The van der Waals surface area contributed by atoms with Gasteiger partial charge in [0.05, 0.1) is 10.5 Å². The topological polar surface area (TPSA) is 103 Å². The Hall–Kier alpha value is -3.04. The van der Waals surface area contributed by atoms with Gasteiger partial charge >= 0.3 is 5.97 Å². The molecule has 0 saturated heterocycles. The fourth-order valence-electron chi connectivity index (χ4n) is 2.93. The van der Waals surface area contributed by atoms with Crippen LogP contribution in [-0.4, -0.2) is 42.0 Å². The lowest BCUT2D eigenvalue weighted by molar-refractivity contribution is 0.0438. The fourth-order valence-corrected chi connectivity index (χ4v) is 4.64. The number of hydrogen-bond acceptors (Lipinski definition) is 7. The summed E-state index contributed by atoms with van der Waals surface area (Å²) < 4.78 is 37.8. The predicted molar refractivity (Wildman–Crippen MR) is 110 cm³/mol. The Morgan fingerprint density at radius 1 is 1.07 bits per heavy atom. The molecule has 9 heteroatoms. The quantitative estimate of drug-likeness (QED) is 0.505. The summed E-state index contributed by atoms with van der Waals surface area (Å²) in [5.41, 5.74) is 1.45. The van der Waals surface area contributed by atoms with Crippen LogP contribution in [0.3, 0.4) is 0 Å². The molecule has 158 valence electrons. The summed E-state index contributed by atoms with van der Waals surface area (Å²) in [7, 11) is -3.70. The van der Waals surface area contributed by atoms with Crippen LogP contribution in [0.25, 0.3) is 11.5 Å². The number of carbonyl (C=O) groups excluding carboxylic acids is 1. The summed E-state index contributed by atoms with van der Waals surface area (Å²) in [6.45, 7) is 5.69. The fraction of sp³-hybridized carbons (Fsp3) is 0.286. The predicted octanol–water partition coefficient (Wildman–Crippen LogP) is 3.43. The van der Waals surface area contributed by atoms with E-state index in [-0.39, 0.29) is 23.0 Å². The van der Waals surface area contributed by atoms with Crippen molar-refractivity contribution in [2.75, 3.05) is 13.1 Å². The van der Waals surface area contributed by atoms with Gasteiger partial charge in [-0.2, -0.15) is 4.31 Å². The Balaban J connectivity index is 1.74. The molecule has 0 fully saturated rings. The van der Waals surface area contributed by atoms with Crippen LogP contribution in [-0.2, 0) is 21.4 Å². The van der Waals surface area contributed by atoms with Crippen molar-refractivity contribution in [1.82, 2.24) is 14.5 Å². The number of benzene rings is 2. The molecule has 1 aromatic heterocycles. The highest BCUT2D eigenvalue weighted by molar-refractivity contribution is 7.89. The monoisotopic (exact) mass is 429 g/mol. The van der Waals surface area contributed by atoms with E-state index in [0.29, 0.717) is 24.5 Å². The first-order chi connectivity index (χ1) is 14.4. The lowest BCUT2D eigenvalue weighted by atomic mass is 10.1. The summed E-state index contributed by atoms with van der Waals surface area (Å²) in [6.07, 6.45) is 0. The first-order valence-electron chi connectivity index (χ1n) is 9.52. The number of nitrogens with zero attached hydrogens (tertiary/aromatic N) is 3. The van der Waals surface area contributed by atoms with Crippen LogP contribution in [0, 0.1) is 6.92 Å². The number of ether oxygens (including phenoxy) is 1. The molecule has 0 saturated carbocycles. The molecule has 3 aromatic rings. The molecule has 0 amide bonds. The molecule has 1 heterocycles. The maximum atomic E-state index is 12.8. The van der Waals surface area contributed by atoms with Crippen molar-refractivity contribution in [3.63, 3.8) is 0 Å². The highest BCUT2D eigenvalue weighted by Gasteiger charge is 2.25. The van der Waals surface area contributed by atoms with Crippen LogP contribution in [0.2, 0.25) is 0 Å². The first-order valence-corrected chi connectivity index (χ1v) is 11.0. The molecular weight excluding hydrogens is 406 g/mol. The Bertz CT molecular complexity index is 1120. The Morgan fingerprint density at radius 3 is 2.43 bits per heavy atom. The number of hydrogen-bond donors (Lipinski definition) is 0. The van der Waals surface area contributed by atoms with Gasteiger partial charge in [-0.05, 0) is 36.8 Å². The van der Waals surface area contributed by atoms with Gasteiger partial charge in [-0.25, -0.2) is 13.2 Å². The summed E-state index contributed by atoms with van der Waals surface area (Å²) in [6, 6.07) is 13.7. The van der Waals surface area contributed by atoms with Gasteiger partial charge in [0.2, 0.25) is 15.9 Å². The Labute approximate surface area is 175 Å². The van der Waals surface area contributed by atoms with Crippen LogP contribution in [0.5, 0.6) is 0 Å². The summed E-state index contributed by atoms with van der Waals surface area (Å²) in [5.74, 6) is -0.208. The van der Waals surface area contributed by atoms with E-state index in [1.54, 1.807) is 26.8 Å². The SMILES string of the molecule is CCN(CC)S(=O)(=O)c1cc(C(=O)OCc2nnc(-c3ccccc3)o2)ccc1C. The lowest BCUT2D eigenvalue weighted by Crippen LogP contribution is -2.31. The zero-order chi connectivity index (χ0) is 21.7. The van der Waals surface area contributed by atoms with E-state index < -0.39 is 16.0 Å². The van der Waals surface area contributed by atoms with Crippen molar-refractivity contribution in [3.05, 3.63) is 65.5 Å². The van der Waals surface area contributed by atoms with Crippen molar-refractivity contribution < 1.29 is 22.4 Å². The minimum absolute atomic E-state index is 0.0878. The van der Waals surface area contributed by atoms with E-state index in [1.807, 2.05) is 30.3 Å². The van der Waals surface area contributed by atoms with Gasteiger partial charge in [-0.15, -0.1) is 10.2 Å².